The third-order valence-electron chi connectivity index (χ3n) is 2.30. The highest BCUT2D eigenvalue weighted by molar-refractivity contribution is 7.86. The topological polar surface area (TPSA) is 107 Å². The summed E-state index contributed by atoms with van der Waals surface area (Å²) >= 11 is 0. The van der Waals surface area contributed by atoms with Gasteiger partial charge in [-0.05, 0) is 12.1 Å². The summed E-state index contributed by atoms with van der Waals surface area (Å²) in [6, 6.07) is 5.04. The lowest BCUT2D eigenvalue weighted by Crippen LogP contribution is -2.34. The predicted molar refractivity (Wildman–Crippen MR) is 64.6 cm³/mol. The number of esters is 2. The second kappa shape index (κ2) is 6.14. The van der Waals surface area contributed by atoms with Crippen molar-refractivity contribution in [3.8, 4) is 0 Å². The first-order valence-electron chi connectivity index (χ1n) is 5.29. The third kappa shape index (κ3) is 3.95. The Hall–Kier alpha value is -2.07. The van der Waals surface area contributed by atoms with Crippen molar-refractivity contribution in [1.29, 1.82) is 0 Å². The van der Waals surface area contributed by atoms with Crippen molar-refractivity contribution in [3.05, 3.63) is 35.4 Å². The summed E-state index contributed by atoms with van der Waals surface area (Å²) < 4.78 is 63.4. The summed E-state index contributed by atoms with van der Waals surface area (Å²) in [6.45, 7) is -1.89. The van der Waals surface area contributed by atoms with E-state index in [1.165, 1.54) is 18.2 Å². The Labute approximate surface area is 118 Å². The van der Waals surface area contributed by atoms with Crippen LogP contribution in [0.5, 0.6) is 0 Å². The average molecular weight is 324 g/mol. The average Bonchev–Trinajstić information content (AvgIpc) is 2.42. The van der Waals surface area contributed by atoms with E-state index in [0.29, 0.717) is 0 Å². The quantitative estimate of drug-likeness (QED) is 0.638. The van der Waals surface area contributed by atoms with Crippen LogP contribution in [0.15, 0.2) is 24.3 Å². The SMILES string of the molecule is COC(=O)c1ccccc1C(=O)OCC(F)(F)S(=O)(=O)O. The molecule has 116 valence electrons. The number of benzene rings is 1. The highest BCUT2D eigenvalue weighted by atomic mass is 32.2. The molecule has 10 heteroatoms. The number of rotatable bonds is 5. The minimum Gasteiger partial charge on any atom is -0.465 e. The van der Waals surface area contributed by atoms with E-state index >= 15 is 0 Å². The summed E-state index contributed by atoms with van der Waals surface area (Å²) in [7, 11) is -4.66. The number of hydrogen-bond donors (Lipinski definition) is 1. The van der Waals surface area contributed by atoms with Crippen molar-refractivity contribution in [2.45, 2.75) is 5.25 Å². The molecule has 0 aliphatic rings. The molecule has 0 aliphatic heterocycles. The zero-order valence-corrected chi connectivity index (χ0v) is 11.4. The van der Waals surface area contributed by atoms with Crippen molar-refractivity contribution in [1.82, 2.24) is 0 Å². The van der Waals surface area contributed by atoms with Crippen LogP contribution in [0.1, 0.15) is 20.7 Å². The highest BCUT2D eigenvalue weighted by Gasteiger charge is 2.45. The molecular weight excluding hydrogens is 314 g/mol. The van der Waals surface area contributed by atoms with Crippen LogP contribution in [-0.4, -0.2) is 43.9 Å². The van der Waals surface area contributed by atoms with Crippen LogP contribution in [0.4, 0.5) is 8.78 Å². The molecule has 0 aromatic heterocycles. The van der Waals surface area contributed by atoms with Crippen molar-refractivity contribution in [3.63, 3.8) is 0 Å². The Morgan fingerprint density at radius 3 is 2.10 bits per heavy atom. The fourth-order valence-electron chi connectivity index (χ4n) is 1.25. The van der Waals surface area contributed by atoms with Crippen molar-refractivity contribution < 1.29 is 40.8 Å². The van der Waals surface area contributed by atoms with Gasteiger partial charge in [0.1, 0.15) is 0 Å². The lowest BCUT2D eigenvalue weighted by atomic mass is 10.1. The molecule has 0 atom stereocenters. The summed E-state index contributed by atoms with van der Waals surface area (Å²) in [5.41, 5.74) is -0.615. The van der Waals surface area contributed by atoms with Crippen LogP contribution in [0.3, 0.4) is 0 Å². The number of halogens is 2. The zero-order chi connectivity index (χ0) is 16.3. The van der Waals surface area contributed by atoms with Crippen LogP contribution in [0, 0.1) is 0 Å². The lowest BCUT2D eigenvalue weighted by molar-refractivity contribution is -0.00965. The van der Waals surface area contributed by atoms with Gasteiger partial charge < -0.3 is 9.47 Å². The van der Waals surface area contributed by atoms with E-state index in [0.717, 1.165) is 13.2 Å². The predicted octanol–water partition coefficient (Wildman–Crippen LogP) is 1.11. The Balaban J connectivity index is 2.94. The maximum absolute atomic E-state index is 12.9. The first kappa shape index (κ1) is 17.0. The number of carbonyl (C=O) groups excluding carboxylic acids is 2. The van der Waals surface area contributed by atoms with Crippen LogP contribution >= 0.6 is 0 Å². The summed E-state index contributed by atoms with van der Waals surface area (Å²) in [4.78, 5) is 23.0. The van der Waals surface area contributed by atoms with E-state index in [9.17, 15) is 26.8 Å². The van der Waals surface area contributed by atoms with Gasteiger partial charge in [-0.2, -0.15) is 17.2 Å². The van der Waals surface area contributed by atoms with E-state index < -0.39 is 33.9 Å². The minimum absolute atomic E-state index is 0.236. The molecule has 1 rings (SSSR count). The number of methoxy groups -OCH3 is 1. The van der Waals surface area contributed by atoms with E-state index in [1.807, 2.05) is 0 Å². The van der Waals surface area contributed by atoms with Gasteiger partial charge in [0, 0.05) is 0 Å². The first-order chi connectivity index (χ1) is 9.60. The minimum atomic E-state index is -5.71. The normalized spacial score (nSPS) is 11.8. The Kier molecular flexibility index (Phi) is 4.97. The molecule has 0 aliphatic carbocycles. The molecule has 0 spiro atoms. The van der Waals surface area contributed by atoms with Crippen molar-refractivity contribution in [2.24, 2.45) is 0 Å². The van der Waals surface area contributed by atoms with Gasteiger partial charge in [-0.1, -0.05) is 12.1 Å². The van der Waals surface area contributed by atoms with Gasteiger partial charge in [-0.3, -0.25) is 4.55 Å². The van der Waals surface area contributed by atoms with Gasteiger partial charge in [0.25, 0.3) is 0 Å². The van der Waals surface area contributed by atoms with Gasteiger partial charge in [0.2, 0.25) is 0 Å². The maximum atomic E-state index is 12.9. The van der Waals surface area contributed by atoms with Crippen LogP contribution in [-0.2, 0) is 19.6 Å². The molecule has 1 aromatic rings. The monoisotopic (exact) mass is 324 g/mol. The second-order valence-corrected chi connectivity index (χ2v) is 5.27. The summed E-state index contributed by atoms with van der Waals surface area (Å²) in [6.07, 6.45) is 0. The van der Waals surface area contributed by atoms with Gasteiger partial charge in [0.15, 0.2) is 6.61 Å². The Morgan fingerprint density at radius 2 is 1.67 bits per heavy atom. The molecule has 1 N–H and O–H groups in total. The van der Waals surface area contributed by atoms with E-state index in [-0.39, 0.29) is 11.1 Å². The van der Waals surface area contributed by atoms with Gasteiger partial charge in [-0.25, -0.2) is 9.59 Å². The first-order valence-corrected chi connectivity index (χ1v) is 6.73. The number of carbonyl (C=O) groups is 2. The Morgan fingerprint density at radius 1 is 1.19 bits per heavy atom. The molecule has 1 aromatic carbocycles. The number of hydrogen-bond acceptors (Lipinski definition) is 6. The van der Waals surface area contributed by atoms with Crippen molar-refractivity contribution in [2.75, 3.05) is 13.7 Å². The fraction of sp³-hybridized carbons (Fsp3) is 0.273. The van der Waals surface area contributed by atoms with E-state index in [4.69, 9.17) is 4.55 Å². The molecule has 21 heavy (non-hydrogen) atoms. The van der Waals surface area contributed by atoms with E-state index in [1.54, 1.807) is 0 Å². The van der Waals surface area contributed by atoms with Gasteiger partial charge >= 0.3 is 27.3 Å². The molecule has 0 unspecified atom stereocenters. The molecule has 0 radical (unpaired) electrons. The molecular formula is C11H10F2O7S. The van der Waals surface area contributed by atoms with Crippen LogP contribution in [0.25, 0.3) is 0 Å². The molecule has 7 nitrogen and oxygen atoms in total. The van der Waals surface area contributed by atoms with E-state index in [2.05, 4.69) is 9.47 Å². The maximum Gasteiger partial charge on any atom is 0.402 e. The fourth-order valence-corrected chi connectivity index (χ4v) is 1.46. The molecule has 0 saturated carbocycles. The third-order valence-corrected chi connectivity index (χ3v) is 3.17. The molecule has 0 fully saturated rings. The molecule has 0 amide bonds. The van der Waals surface area contributed by atoms with Gasteiger partial charge in [0.05, 0.1) is 18.2 Å². The molecule has 0 heterocycles. The van der Waals surface area contributed by atoms with Gasteiger partial charge in [-0.15, -0.1) is 0 Å². The molecule has 0 bridgehead atoms. The molecule has 0 saturated heterocycles. The summed E-state index contributed by atoms with van der Waals surface area (Å²) in [5.74, 6) is -2.26. The highest BCUT2D eigenvalue weighted by Crippen LogP contribution is 2.21. The standard InChI is InChI=1S/C11H10F2O7S/c1-19-9(14)7-4-2-3-5-8(7)10(15)20-6-11(12,13)21(16,17)18/h2-5H,6H2,1H3,(H,16,17,18). The van der Waals surface area contributed by atoms with Crippen LogP contribution < -0.4 is 0 Å². The largest absolute Gasteiger partial charge is 0.465 e. The second-order valence-electron chi connectivity index (χ2n) is 3.73. The summed E-state index contributed by atoms with van der Waals surface area (Å²) in [5, 5.41) is -4.65. The zero-order valence-electron chi connectivity index (χ0n) is 10.6. The number of alkyl halides is 2. The van der Waals surface area contributed by atoms with Crippen LogP contribution in [0.2, 0.25) is 0 Å². The number of ether oxygens (including phenoxy) is 2. The lowest BCUT2D eigenvalue weighted by Gasteiger charge is -2.13. The smallest absolute Gasteiger partial charge is 0.402 e. The Bertz CT molecular complexity index is 654. The van der Waals surface area contributed by atoms with Crippen molar-refractivity contribution >= 4 is 22.1 Å².